The second kappa shape index (κ2) is 8.70. The van der Waals surface area contributed by atoms with Gasteiger partial charge in [-0.1, -0.05) is 34.8 Å². The standard InChI is InChI=1S/C20H21Cl3N2O2/c1-24-7-2-3-17(24)6-8-25(20(26)27)19-5-4-14(21)12-18(19)13-9-15(22)11-16(23)10-13/h4-5,9-12,17H,2-3,6-8H2,1H3,(H,26,27). The lowest BCUT2D eigenvalue weighted by Gasteiger charge is -2.26. The summed E-state index contributed by atoms with van der Waals surface area (Å²) < 4.78 is 0. The van der Waals surface area contributed by atoms with Gasteiger partial charge in [-0.2, -0.15) is 0 Å². The number of halogens is 3. The first kappa shape index (κ1) is 20.3. The van der Waals surface area contributed by atoms with Crippen molar-refractivity contribution in [3.63, 3.8) is 0 Å². The van der Waals surface area contributed by atoms with Gasteiger partial charge in [-0.15, -0.1) is 0 Å². The Bertz CT molecular complexity index is 824. The summed E-state index contributed by atoms with van der Waals surface area (Å²) in [5.41, 5.74) is 1.99. The van der Waals surface area contributed by atoms with Crippen molar-refractivity contribution in [2.24, 2.45) is 0 Å². The molecule has 0 aliphatic carbocycles. The van der Waals surface area contributed by atoms with E-state index in [9.17, 15) is 9.90 Å². The van der Waals surface area contributed by atoms with Crippen LogP contribution in [0, 0.1) is 0 Å². The predicted octanol–water partition coefficient (Wildman–Crippen LogP) is 6.28. The molecule has 1 aliphatic rings. The molecule has 7 heteroatoms. The van der Waals surface area contributed by atoms with Crippen LogP contribution in [0.4, 0.5) is 10.5 Å². The Balaban J connectivity index is 1.96. The van der Waals surface area contributed by atoms with Crippen molar-refractivity contribution in [3.05, 3.63) is 51.5 Å². The Hall–Kier alpha value is -1.46. The third kappa shape index (κ3) is 4.88. The summed E-state index contributed by atoms with van der Waals surface area (Å²) in [6, 6.07) is 10.7. The van der Waals surface area contributed by atoms with Crippen LogP contribution in [0.15, 0.2) is 36.4 Å². The Labute approximate surface area is 174 Å². The highest BCUT2D eigenvalue weighted by molar-refractivity contribution is 6.35. The number of hydrogen-bond acceptors (Lipinski definition) is 2. The lowest BCUT2D eigenvalue weighted by atomic mass is 10.0. The van der Waals surface area contributed by atoms with Crippen LogP contribution in [0.3, 0.4) is 0 Å². The molecule has 1 amide bonds. The lowest BCUT2D eigenvalue weighted by Crippen LogP contribution is -2.35. The van der Waals surface area contributed by atoms with Gasteiger partial charge in [0.1, 0.15) is 0 Å². The Morgan fingerprint density at radius 3 is 2.44 bits per heavy atom. The molecule has 1 fully saturated rings. The predicted molar refractivity (Wildman–Crippen MR) is 113 cm³/mol. The van der Waals surface area contributed by atoms with E-state index in [1.54, 1.807) is 36.4 Å². The van der Waals surface area contributed by atoms with Crippen molar-refractivity contribution in [2.45, 2.75) is 25.3 Å². The van der Waals surface area contributed by atoms with Gasteiger partial charge in [0.2, 0.25) is 0 Å². The minimum Gasteiger partial charge on any atom is -0.465 e. The Morgan fingerprint density at radius 1 is 1.15 bits per heavy atom. The second-order valence-corrected chi connectivity index (χ2v) is 8.13. The third-order valence-electron chi connectivity index (χ3n) is 5.01. The van der Waals surface area contributed by atoms with Gasteiger partial charge in [-0.25, -0.2) is 4.79 Å². The molecule has 1 unspecified atom stereocenters. The van der Waals surface area contributed by atoms with Gasteiger partial charge in [0.15, 0.2) is 0 Å². The van der Waals surface area contributed by atoms with Crippen LogP contribution in [0.1, 0.15) is 19.3 Å². The van der Waals surface area contributed by atoms with Gasteiger partial charge in [-0.05, 0) is 74.8 Å². The normalized spacial score (nSPS) is 17.3. The SMILES string of the molecule is CN1CCCC1CCN(C(=O)O)c1ccc(Cl)cc1-c1cc(Cl)cc(Cl)c1. The van der Waals surface area contributed by atoms with E-state index in [4.69, 9.17) is 34.8 Å². The monoisotopic (exact) mass is 426 g/mol. The van der Waals surface area contributed by atoms with E-state index in [-0.39, 0.29) is 0 Å². The number of hydrogen-bond donors (Lipinski definition) is 1. The molecule has 27 heavy (non-hydrogen) atoms. The number of amides is 1. The summed E-state index contributed by atoms with van der Waals surface area (Å²) in [7, 11) is 2.09. The largest absolute Gasteiger partial charge is 0.465 e. The van der Waals surface area contributed by atoms with Crippen LogP contribution in [-0.4, -0.2) is 42.3 Å². The Morgan fingerprint density at radius 2 is 1.85 bits per heavy atom. The zero-order valence-electron chi connectivity index (χ0n) is 15.0. The molecule has 0 aromatic heterocycles. The molecule has 4 nitrogen and oxygen atoms in total. The van der Waals surface area contributed by atoms with E-state index in [0.717, 1.165) is 31.4 Å². The average molecular weight is 428 g/mol. The van der Waals surface area contributed by atoms with E-state index in [2.05, 4.69) is 11.9 Å². The van der Waals surface area contributed by atoms with Crippen LogP contribution in [0.25, 0.3) is 11.1 Å². The molecule has 2 aromatic rings. The minimum atomic E-state index is -0.993. The molecule has 144 valence electrons. The van der Waals surface area contributed by atoms with E-state index in [1.807, 2.05) is 0 Å². The molecule has 0 saturated carbocycles. The first-order valence-corrected chi connectivity index (χ1v) is 9.95. The first-order valence-electron chi connectivity index (χ1n) is 8.82. The fourth-order valence-corrected chi connectivity index (χ4v) is 4.32. The van der Waals surface area contributed by atoms with Crippen LogP contribution in [-0.2, 0) is 0 Å². The van der Waals surface area contributed by atoms with Crippen LogP contribution in [0.2, 0.25) is 15.1 Å². The van der Waals surface area contributed by atoms with Crippen molar-refractivity contribution >= 4 is 46.6 Å². The summed E-state index contributed by atoms with van der Waals surface area (Å²) >= 11 is 18.5. The first-order chi connectivity index (χ1) is 12.8. The van der Waals surface area contributed by atoms with E-state index < -0.39 is 6.09 Å². The minimum absolute atomic E-state index is 0.406. The van der Waals surface area contributed by atoms with Crippen LogP contribution >= 0.6 is 34.8 Å². The van der Waals surface area contributed by atoms with Crippen molar-refractivity contribution in [2.75, 3.05) is 25.0 Å². The maximum atomic E-state index is 12.0. The molecule has 1 aliphatic heterocycles. The highest BCUT2D eigenvalue weighted by Gasteiger charge is 2.25. The van der Waals surface area contributed by atoms with Crippen molar-refractivity contribution < 1.29 is 9.90 Å². The number of likely N-dealkylation sites (tertiary alicyclic amines) is 1. The number of anilines is 1. The fraction of sp³-hybridized carbons (Fsp3) is 0.350. The van der Waals surface area contributed by atoms with Gasteiger partial charge < -0.3 is 10.0 Å². The van der Waals surface area contributed by atoms with Gasteiger partial charge >= 0.3 is 6.09 Å². The molecule has 0 bridgehead atoms. The number of benzene rings is 2. The number of rotatable bonds is 5. The summed E-state index contributed by atoms with van der Waals surface area (Å²) in [5.74, 6) is 0. The molecule has 3 rings (SSSR count). The second-order valence-electron chi connectivity index (χ2n) is 6.82. The van der Waals surface area contributed by atoms with Crippen molar-refractivity contribution in [3.8, 4) is 11.1 Å². The van der Waals surface area contributed by atoms with E-state index >= 15 is 0 Å². The highest BCUT2D eigenvalue weighted by atomic mass is 35.5. The van der Waals surface area contributed by atoms with Gasteiger partial charge in [0.25, 0.3) is 0 Å². The summed E-state index contributed by atoms with van der Waals surface area (Å²) in [5, 5.41) is 11.3. The Kier molecular flexibility index (Phi) is 6.53. The van der Waals surface area contributed by atoms with Gasteiger partial charge in [-0.3, -0.25) is 4.90 Å². The van der Waals surface area contributed by atoms with Crippen LogP contribution in [0.5, 0.6) is 0 Å². The highest BCUT2D eigenvalue weighted by Crippen LogP contribution is 2.36. The molecule has 2 aromatic carbocycles. The summed E-state index contributed by atoms with van der Waals surface area (Å²) in [6.45, 7) is 1.47. The molecule has 0 radical (unpaired) electrons. The molecule has 1 N–H and O–H groups in total. The van der Waals surface area contributed by atoms with Gasteiger partial charge in [0, 0.05) is 33.2 Å². The fourth-order valence-electron chi connectivity index (χ4n) is 3.63. The van der Waals surface area contributed by atoms with E-state index in [1.165, 1.54) is 4.90 Å². The number of carbonyl (C=O) groups is 1. The summed E-state index contributed by atoms with van der Waals surface area (Å²) in [6.07, 6.45) is 2.04. The zero-order valence-corrected chi connectivity index (χ0v) is 17.2. The third-order valence-corrected chi connectivity index (χ3v) is 5.68. The van der Waals surface area contributed by atoms with E-state index in [0.29, 0.717) is 38.9 Å². The quantitative estimate of drug-likeness (QED) is 0.610. The number of nitrogens with zero attached hydrogens (tertiary/aromatic N) is 2. The molecule has 1 atom stereocenters. The van der Waals surface area contributed by atoms with Crippen molar-refractivity contribution in [1.82, 2.24) is 4.90 Å². The molecule has 1 heterocycles. The zero-order chi connectivity index (χ0) is 19.6. The lowest BCUT2D eigenvalue weighted by molar-refractivity contribution is 0.200. The maximum Gasteiger partial charge on any atom is 0.411 e. The topological polar surface area (TPSA) is 43.8 Å². The maximum absolute atomic E-state index is 12.0. The molecular formula is C20H21Cl3N2O2. The molecule has 1 saturated heterocycles. The average Bonchev–Trinajstić information content (AvgIpc) is 3.00. The molecule has 0 spiro atoms. The van der Waals surface area contributed by atoms with Crippen molar-refractivity contribution in [1.29, 1.82) is 0 Å². The number of carboxylic acid groups (broad SMARTS) is 1. The van der Waals surface area contributed by atoms with Gasteiger partial charge in [0.05, 0.1) is 5.69 Å². The molecular weight excluding hydrogens is 407 g/mol. The van der Waals surface area contributed by atoms with Crippen LogP contribution < -0.4 is 4.90 Å². The summed E-state index contributed by atoms with van der Waals surface area (Å²) in [4.78, 5) is 15.7. The smallest absolute Gasteiger partial charge is 0.411 e.